The van der Waals surface area contributed by atoms with Gasteiger partial charge >= 0.3 is 0 Å². The van der Waals surface area contributed by atoms with Gasteiger partial charge in [0.05, 0.1) is 6.17 Å². The first-order valence-electron chi connectivity index (χ1n) is 8.38. The van der Waals surface area contributed by atoms with Crippen molar-refractivity contribution in [3.8, 4) is 0 Å². The molecule has 1 atom stereocenters. The Morgan fingerprint density at radius 1 is 1.00 bits per heavy atom. The number of rotatable bonds is 3. The van der Waals surface area contributed by atoms with Crippen LogP contribution in [0.15, 0.2) is 11.1 Å². The molecule has 1 saturated heterocycles. The highest BCUT2D eigenvalue weighted by atomic mass is 15.2. The molecular weight excluding hydrogens is 232 g/mol. The third kappa shape index (κ3) is 4.92. The smallest absolute Gasteiger partial charge is 0.0597 e. The Hall–Kier alpha value is -0.340. The van der Waals surface area contributed by atoms with Gasteiger partial charge < -0.3 is 5.32 Å². The molecule has 0 amide bonds. The van der Waals surface area contributed by atoms with Crippen LogP contribution in [0.2, 0.25) is 0 Å². The van der Waals surface area contributed by atoms with Crippen LogP contribution in [-0.2, 0) is 0 Å². The van der Waals surface area contributed by atoms with Gasteiger partial charge in [0, 0.05) is 6.54 Å². The molecule has 2 rings (SSSR count). The highest BCUT2D eigenvalue weighted by Gasteiger charge is 2.18. The number of hydrogen-bond donors (Lipinski definition) is 1. The van der Waals surface area contributed by atoms with E-state index in [2.05, 4.69) is 24.2 Å². The zero-order valence-electron chi connectivity index (χ0n) is 13.0. The molecule has 0 aromatic heterocycles. The maximum absolute atomic E-state index is 3.72. The first kappa shape index (κ1) is 15.1. The molecule has 0 aromatic carbocycles. The molecule has 19 heavy (non-hydrogen) atoms. The van der Waals surface area contributed by atoms with E-state index >= 15 is 0 Å². The summed E-state index contributed by atoms with van der Waals surface area (Å²) in [4.78, 5) is 2.56. The van der Waals surface area contributed by atoms with Gasteiger partial charge in [0.25, 0.3) is 0 Å². The van der Waals surface area contributed by atoms with Crippen molar-refractivity contribution in [3.05, 3.63) is 11.1 Å². The molecule has 0 radical (unpaired) electrons. The molecule has 1 unspecified atom stereocenters. The van der Waals surface area contributed by atoms with Crippen molar-refractivity contribution in [1.82, 2.24) is 10.2 Å². The maximum Gasteiger partial charge on any atom is 0.0597 e. The first-order chi connectivity index (χ1) is 9.27. The second kappa shape index (κ2) is 8.06. The molecule has 1 aliphatic heterocycles. The summed E-state index contributed by atoms with van der Waals surface area (Å²) in [6.45, 7) is 4.76. The van der Waals surface area contributed by atoms with Crippen molar-refractivity contribution in [2.24, 2.45) is 0 Å². The molecule has 1 fully saturated rings. The van der Waals surface area contributed by atoms with E-state index in [9.17, 15) is 0 Å². The minimum absolute atomic E-state index is 0.605. The summed E-state index contributed by atoms with van der Waals surface area (Å²) in [6.07, 6.45) is 14.4. The number of allylic oxidation sites excluding steroid dienone is 1. The van der Waals surface area contributed by atoms with Gasteiger partial charge in [-0.05, 0) is 59.0 Å². The Morgan fingerprint density at radius 3 is 2.58 bits per heavy atom. The fourth-order valence-electron chi connectivity index (χ4n) is 3.48. The Balaban J connectivity index is 1.91. The van der Waals surface area contributed by atoms with Crippen LogP contribution >= 0.6 is 0 Å². The average Bonchev–Trinajstić information content (AvgIpc) is 2.67. The predicted octanol–water partition coefficient (Wildman–Crippen LogP) is 4.08. The molecule has 1 heterocycles. The second-order valence-electron chi connectivity index (χ2n) is 6.53. The first-order valence-corrected chi connectivity index (χ1v) is 8.38. The Labute approximate surface area is 119 Å². The van der Waals surface area contributed by atoms with Crippen LogP contribution in [0.1, 0.15) is 71.1 Å². The molecule has 0 bridgehead atoms. The monoisotopic (exact) mass is 264 g/mol. The van der Waals surface area contributed by atoms with E-state index < -0.39 is 0 Å². The summed E-state index contributed by atoms with van der Waals surface area (Å²) >= 11 is 0. The van der Waals surface area contributed by atoms with E-state index in [4.69, 9.17) is 0 Å². The van der Waals surface area contributed by atoms with Crippen molar-refractivity contribution in [3.63, 3.8) is 0 Å². The lowest BCUT2D eigenvalue weighted by Gasteiger charge is -2.30. The fourth-order valence-corrected chi connectivity index (χ4v) is 3.48. The molecule has 110 valence electrons. The van der Waals surface area contributed by atoms with Crippen LogP contribution in [-0.4, -0.2) is 31.2 Å². The second-order valence-corrected chi connectivity index (χ2v) is 6.53. The number of nitrogens with zero attached hydrogens (tertiary/aromatic N) is 1. The average molecular weight is 264 g/mol. The van der Waals surface area contributed by atoms with E-state index in [0.717, 1.165) is 0 Å². The van der Waals surface area contributed by atoms with Crippen molar-refractivity contribution in [1.29, 1.82) is 0 Å². The SMILES string of the molecule is C/C1=C(\CN(C)C2CCCCCN2)CCCCCC1. The Kier molecular flexibility index (Phi) is 6.39. The van der Waals surface area contributed by atoms with E-state index in [0.29, 0.717) is 6.17 Å². The lowest BCUT2D eigenvalue weighted by atomic mass is 9.94. The molecule has 0 saturated carbocycles. The number of nitrogens with one attached hydrogen (secondary N) is 1. The van der Waals surface area contributed by atoms with Crippen LogP contribution in [0.5, 0.6) is 0 Å². The number of likely N-dealkylation sites (N-methyl/N-ethyl adjacent to an activating group) is 1. The molecule has 2 aliphatic rings. The summed E-state index contributed by atoms with van der Waals surface area (Å²) in [7, 11) is 2.31. The zero-order chi connectivity index (χ0) is 13.5. The minimum atomic E-state index is 0.605. The molecule has 0 spiro atoms. The van der Waals surface area contributed by atoms with E-state index in [1.807, 2.05) is 0 Å². The van der Waals surface area contributed by atoms with Gasteiger partial charge in [-0.3, -0.25) is 4.90 Å². The molecule has 1 N–H and O–H groups in total. The summed E-state index contributed by atoms with van der Waals surface area (Å²) in [5.41, 5.74) is 3.41. The largest absolute Gasteiger partial charge is 0.302 e. The Morgan fingerprint density at radius 2 is 1.74 bits per heavy atom. The highest BCUT2D eigenvalue weighted by molar-refractivity contribution is 5.14. The number of hydrogen-bond acceptors (Lipinski definition) is 2. The lowest BCUT2D eigenvalue weighted by Crippen LogP contribution is -2.43. The fraction of sp³-hybridized carbons (Fsp3) is 0.882. The summed E-state index contributed by atoms with van der Waals surface area (Å²) in [5, 5.41) is 3.72. The predicted molar refractivity (Wildman–Crippen MR) is 83.3 cm³/mol. The van der Waals surface area contributed by atoms with E-state index in [1.165, 1.54) is 77.3 Å². The lowest BCUT2D eigenvalue weighted by molar-refractivity contribution is 0.212. The molecule has 0 aromatic rings. The van der Waals surface area contributed by atoms with Gasteiger partial charge in [0.1, 0.15) is 0 Å². The van der Waals surface area contributed by atoms with Crippen molar-refractivity contribution < 1.29 is 0 Å². The van der Waals surface area contributed by atoms with Crippen LogP contribution in [0.4, 0.5) is 0 Å². The van der Waals surface area contributed by atoms with Crippen molar-refractivity contribution >= 4 is 0 Å². The maximum atomic E-state index is 3.72. The third-order valence-electron chi connectivity index (χ3n) is 4.89. The van der Waals surface area contributed by atoms with Gasteiger partial charge in [0.2, 0.25) is 0 Å². The van der Waals surface area contributed by atoms with Crippen LogP contribution in [0.25, 0.3) is 0 Å². The van der Waals surface area contributed by atoms with Gasteiger partial charge in [-0.2, -0.15) is 0 Å². The third-order valence-corrected chi connectivity index (χ3v) is 4.89. The van der Waals surface area contributed by atoms with Crippen molar-refractivity contribution in [2.45, 2.75) is 77.3 Å². The van der Waals surface area contributed by atoms with Gasteiger partial charge in [-0.1, -0.05) is 36.8 Å². The minimum Gasteiger partial charge on any atom is -0.302 e. The molecule has 2 nitrogen and oxygen atoms in total. The normalized spacial score (nSPS) is 30.8. The van der Waals surface area contributed by atoms with E-state index in [1.54, 1.807) is 11.1 Å². The molecule has 2 heteroatoms. The standard InChI is InChI=1S/C17H32N2/c1-15-10-6-3-4-7-11-16(15)14-19(2)17-12-8-5-9-13-18-17/h17-18H,3-14H2,1-2H3/b16-15+. The van der Waals surface area contributed by atoms with Gasteiger partial charge in [-0.15, -0.1) is 0 Å². The van der Waals surface area contributed by atoms with E-state index in [-0.39, 0.29) is 0 Å². The quantitative estimate of drug-likeness (QED) is 0.773. The molecule has 1 aliphatic carbocycles. The Bertz CT molecular complexity index is 288. The van der Waals surface area contributed by atoms with Gasteiger partial charge in [-0.25, -0.2) is 0 Å². The van der Waals surface area contributed by atoms with Gasteiger partial charge in [0.15, 0.2) is 0 Å². The van der Waals surface area contributed by atoms with Crippen LogP contribution in [0.3, 0.4) is 0 Å². The zero-order valence-corrected chi connectivity index (χ0v) is 13.0. The van der Waals surface area contributed by atoms with Crippen LogP contribution in [0, 0.1) is 0 Å². The summed E-state index contributed by atoms with van der Waals surface area (Å²) in [5.74, 6) is 0. The summed E-state index contributed by atoms with van der Waals surface area (Å²) in [6, 6.07) is 0. The highest BCUT2D eigenvalue weighted by Crippen LogP contribution is 2.24. The molecular formula is C17H32N2. The van der Waals surface area contributed by atoms with Crippen molar-refractivity contribution in [2.75, 3.05) is 20.1 Å². The summed E-state index contributed by atoms with van der Waals surface area (Å²) < 4.78 is 0. The van der Waals surface area contributed by atoms with Crippen LogP contribution < -0.4 is 5.32 Å². The topological polar surface area (TPSA) is 15.3 Å².